The summed E-state index contributed by atoms with van der Waals surface area (Å²) < 4.78 is 51.5. The van der Waals surface area contributed by atoms with Crippen LogP contribution < -0.4 is 5.73 Å². The highest BCUT2D eigenvalue weighted by Crippen LogP contribution is 2.37. The molecule has 0 fully saturated rings. The molecule has 3 N–H and O–H groups in total. The zero-order valence-corrected chi connectivity index (χ0v) is 8.68. The van der Waals surface area contributed by atoms with Crippen LogP contribution in [0.15, 0.2) is 24.4 Å². The third-order valence-electron chi connectivity index (χ3n) is 2.70. The van der Waals surface area contributed by atoms with Crippen LogP contribution in [0, 0.1) is 5.82 Å². The van der Waals surface area contributed by atoms with Gasteiger partial charge in [-0.05, 0) is 11.6 Å². The molecule has 17 heavy (non-hydrogen) atoms. The number of benzene rings is 1. The Morgan fingerprint density at radius 1 is 1.29 bits per heavy atom. The number of para-hydroxylation sites is 1. The molecule has 0 saturated carbocycles. The third-order valence-corrected chi connectivity index (χ3v) is 2.70. The van der Waals surface area contributed by atoms with Crippen molar-refractivity contribution in [2.24, 2.45) is 5.73 Å². The Hall–Kier alpha value is -1.56. The smallest absolute Gasteiger partial charge is 0.358 e. The van der Waals surface area contributed by atoms with E-state index in [4.69, 9.17) is 5.73 Å². The zero-order valence-electron chi connectivity index (χ0n) is 8.68. The van der Waals surface area contributed by atoms with Crippen LogP contribution in [-0.2, 0) is 0 Å². The first kappa shape index (κ1) is 11.9. The molecule has 0 aliphatic heterocycles. The van der Waals surface area contributed by atoms with Gasteiger partial charge in [-0.25, -0.2) is 4.39 Å². The molecule has 2 nitrogen and oxygen atoms in total. The summed E-state index contributed by atoms with van der Waals surface area (Å²) in [6.07, 6.45) is -3.27. The number of aromatic amines is 1. The predicted octanol–water partition coefficient (Wildman–Crippen LogP) is 2.91. The van der Waals surface area contributed by atoms with Crippen molar-refractivity contribution in [3.8, 4) is 0 Å². The van der Waals surface area contributed by atoms with Crippen molar-refractivity contribution in [2.45, 2.75) is 12.1 Å². The summed E-state index contributed by atoms with van der Waals surface area (Å²) in [5, 5.41) is 0.220. The minimum atomic E-state index is -4.43. The average molecular weight is 246 g/mol. The van der Waals surface area contributed by atoms with Crippen LogP contribution >= 0.6 is 0 Å². The summed E-state index contributed by atoms with van der Waals surface area (Å²) in [5.41, 5.74) is 5.21. The topological polar surface area (TPSA) is 41.8 Å². The molecule has 1 aromatic heterocycles. The van der Waals surface area contributed by atoms with E-state index in [-0.39, 0.29) is 16.5 Å². The maximum absolute atomic E-state index is 13.3. The van der Waals surface area contributed by atoms with Gasteiger partial charge in [0.2, 0.25) is 0 Å². The molecule has 1 heterocycles. The maximum Gasteiger partial charge on any atom is 0.397 e. The fraction of sp³-hybridized carbons (Fsp3) is 0.273. The first-order chi connectivity index (χ1) is 7.95. The lowest BCUT2D eigenvalue weighted by Gasteiger charge is -2.17. The molecular formula is C11H10F4N2. The normalized spacial score (nSPS) is 14.2. The minimum Gasteiger partial charge on any atom is -0.358 e. The summed E-state index contributed by atoms with van der Waals surface area (Å²) in [6.45, 7) is -0.563. The Morgan fingerprint density at radius 2 is 2.00 bits per heavy atom. The minimum absolute atomic E-state index is 0.0190. The molecule has 0 aliphatic carbocycles. The molecule has 0 amide bonds. The molecular weight excluding hydrogens is 236 g/mol. The number of nitrogens with one attached hydrogen (secondary N) is 1. The number of hydrogen-bond donors (Lipinski definition) is 2. The number of H-pyrrole nitrogens is 1. The number of fused-ring (bicyclic) bond motifs is 1. The van der Waals surface area contributed by atoms with Crippen LogP contribution in [-0.4, -0.2) is 17.7 Å². The van der Waals surface area contributed by atoms with E-state index in [2.05, 4.69) is 4.98 Å². The van der Waals surface area contributed by atoms with Gasteiger partial charge in [-0.15, -0.1) is 0 Å². The van der Waals surface area contributed by atoms with Crippen LogP contribution in [0.2, 0.25) is 0 Å². The highest BCUT2D eigenvalue weighted by molar-refractivity contribution is 5.84. The van der Waals surface area contributed by atoms with Gasteiger partial charge in [-0.2, -0.15) is 13.2 Å². The van der Waals surface area contributed by atoms with E-state index in [1.54, 1.807) is 0 Å². The molecule has 0 radical (unpaired) electrons. The Kier molecular flexibility index (Phi) is 2.82. The van der Waals surface area contributed by atoms with Crippen molar-refractivity contribution in [1.82, 2.24) is 4.98 Å². The van der Waals surface area contributed by atoms with E-state index in [0.717, 1.165) is 0 Å². The van der Waals surface area contributed by atoms with E-state index in [9.17, 15) is 17.6 Å². The molecule has 1 atom stereocenters. The number of aromatic nitrogens is 1. The van der Waals surface area contributed by atoms with Gasteiger partial charge in [0, 0.05) is 18.1 Å². The van der Waals surface area contributed by atoms with Crippen LogP contribution in [0.1, 0.15) is 11.5 Å². The first-order valence-electron chi connectivity index (χ1n) is 4.97. The lowest BCUT2D eigenvalue weighted by atomic mass is 9.98. The van der Waals surface area contributed by atoms with E-state index >= 15 is 0 Å². The quantitative estimate of drug-likeness (QED) is 0.786. The Balaban J connectivity index is 2.59. The highest BCUT2D eigenvalue weighted by Gasteiger charge is 2.40. The fourth-order valence-corrected chi connectivity index (χ4v) is 1.86. The Bertz CT molecular complexity index is 530. The second-order valence-corrected chi connectivity index (χ2v) is 3.74. The van der Waals surface area contributed by atoms with Crippen molar-refractivity contribution in [2.75, 3.05) is 6.54 Å². The summed E-state index contributed by atoms with van der Waals surface area (Å²) in [7, 11) is 0. The van der Waals surface area contributed by atoms with Gasteiger partial charge >= 0.3 is 6.18 Å². The van der Waals surface area contributed by atoms with Gasteiger partial charge < -0.3 is 10.7 Å². The molecule has 2 rings (SSSR count). The zero-order chi connectivity index (χ0) is 12.6. The second kappa shape index (κ2) is 4.03. The fourth-order valence-electron chi connectivity index (χ4n) is 1.86. The number of halogens is 4. The molecule has 0 bridgehead atoms. The van der Waals surface area contributed by atoms with Gasteiger partial charge in [0.1, 0.15) is 5.82 Å². The molecule has 1 aromatic carbocycles. The molecule has 2 aromatic rings. The third kappa shape index (κ3) is 2.00. The van der Waals surface area contributed by atoms with Gasteiger partial charge in [0.15, 0.2) is 0 Å². The summed E-state index contributed by atoms with van der Waals surface area (Å²) in [5.74, 6) is -2.36. The molecule has 0 spiro atoms. The van der Waals surface area contributed by atoms with E-state index in [1.807, 2.05) is 0 Å². The van der Waals surface area contributed by atoms with E-state index < -0.39 is 24.5 Å². The number of alkyl halides is 3. The Morgan fingerprint density at radius 3 is 2.59 bits per heavy atom. The molecule has 0 aliphatic rings. The van der Waals surface area contributed by atoms with Crippen molar-refractivity contribution < 1.29 is 17.6 Å². The Labute approximate surface area is 94.4 Å². The SMILES string of the molecule is NCC(c1c[nH]c2c(F)cccc12)C(F)(F)F. The van der Waals surface area contributed by atoms with E-state index in [1.165, 1.54) is 24.4 Å². The molecule has 6 heteroatoms. The predicted molar refractivity (Wildman–Crippen MR) is 56.1 cm³/mol. The monoisotopic (exact) mass is 246 g/mol. The van der Waals surface area contributed by atoms with Gasteiger partial charge in [0.05, 0.1) is 11.4 Å². The second-order valence-electron chi connectivity index (χ2n) is 3.74. The van der Waals surface area contributed by atoms with Crippen LogP contribution in [0.4, 0.5) is 17.6 Å². The van der Waals surface area contributed by atoms with Crippen molar-refractivity contribution in [1.29, 1.82) is 0 Å². The van der Waals surface area contributed by atoms with E-state index in [0.29, 0.717) is 0 Å². The largest absolute Gasteiger partial charge is 0.397 e. The lowest BCUT2D eigenvalue weighted by molar-refractivity contribution is -0.147. The average Bonchev–Trinajstić information content (AvgIpc) is 2.63. The summed E-state index contributed by atoms with van der Waals surface area (Å²) in [6, 6.07) is 4.01. The van der Waals surface area contributed by atoms with Crippen LogP contribution in [0.5, 0.6) is 0 Å². The van der Waals surface area contributed by atoms with Crippen molar-refractivity contribution >= 4 is 10.9 Å². The number of hydrogen-bond acceptors (Lipinski definition) is 1. The van der Waals surface area contributed by atoms with Crippen molar-refractivity contribution in [3.05, 3.63) is 35.8 Å². The molecule has 0 saturated heterocycles. The van der Waals surface area contributed by atoms with Gasteiger partial charge in [-0.1, -0.05) is 12.1 Å². The summed E-state index contributed by atoms with van der Waals surface area (Å²) in [4.78, 5) is 2.51. The molecule has 92 valence electrons. The lowest BCUT2D eigenvalue weighted by Crippen LogP contribution is -2.27. The maximum atomic E-state index is 13.3. The van der Waals surface area contributed by atoms with Crippen LogP contribution in [0.3, 0.4) is 0 Å². The van der Waals surface area contributed by atoms with Gasteiger partial charge in [-0.3, -0.25) is 0 Å². The standard InChI is InChI=1S/C11H10F4N2/c12-9-3-1-2-6-7(5-17-10(6)9)8(4-16)11(13,14)15/h1-3,5,8,17H,4,16H2. The molecule has 1 unspecified atom stereocenters. The number of nitrogens with two attached hydrogens (primary N) is 1. The number of rotatable bonds is 2. The van der Waals surface area contributed by atoms with Crippen molar-refractivity contribution in [3.63, 3.8) is 0 Å². The summed E-state index contributed by atoms with van der Waals surface area (Å²) >= 11 is 0. The van der Waals surface area contributed by atoms with Gasteiger partial charge in [0.25, 0.3) is 0 Å². The first-order valence-corrected chi connectivity index (χ1v) is 4.97. The van der Waals surface area contributed by atoms with Crippen LogP contribution in [0.25, 0.3) is 10.9 Å². The highest BCUT2D eigenvalue weighted by atomic mass is 19.4.